The summed E-state index contributed by atoms with van der Waals surface area (Å²) in [6.45, 7) is 0. The van der Waals surface area contributed by atoms with E-state index in [0.717, 1.165) is 36.7 Å². The quantitative estimate of drug-likeness (QED) is 0.297. The Morgan fingerprint density at radius 3 is 2.50 bits per heavy atom. The molecule has 4 rings (SSSR count). The Balaban J connectivity index is 1.71. The van der Waals surface area contributed by atoms with E-state index in [1.807, 2.05) is 0 Å². The van der Waals surface area contributed by atoms with Crippen molar-refractivity contribution < 1.29 is 5.11 Å². The Morgan fingerprint density at radius 1 is 1.12 bits per heavy atom. The highest BCUT2D eigenvalue weighted by molar-refractivity contribution is 7.71. The van der Waals surface area contributed by atoms with Gasteiger partial charge in [-0.25, -0.2) is 10.2 Å². The first kappa shape index (κ1) is 21.7. The van der Waals surface area contributed by atoms with Crippen LogP contribution < -0.4 is 22.2 Å². The third-order valence-corrected chi connectivity index (χ3v) is 6.23. The largest absolute Gasteiger partial charge is 0.494 e. The highest BCUT2D eigenvalue weighted by atomic mass is 32.1. The summed E-state index contributed by atoms with van der Waals surface area (Å²) in [5.74, 6) is -0.0528. The van der Waals surface area contributed by atoms with Gasteiger partial charge >= 0.3 is 5.69 Å². The van der Waals surface area contributed by atoms with Crippen LogP contribution in [0.5, 0.6) is 5.88 Å². The van der Waals surface area contributed by atoms with Crippen LogP contribution in [0, 0.1) is 4.77 Å². The Hall–Kier alpha value is -3.48. The van der Waals surface area contributed by atoms with E-state index >= 15 is 0 Å². The normalized spacial score (nSPS) is 15.1. The zero-order valence-corrected chi connectivity index (χ0v) is 18.8. The predicted octanol–water partition coefficient (Wildman–Crippen LogP) is 0.847. The molecule has 0 unspecified atom stereocenters. The van der Waals surface area contributed by atoms with Crippen LogP contribution >= 0.6 is 12.2 Å². The second-order valence-corrected chi connectivity index (χ2v) is 8.29. The number of aromatic amines is 1. The van der Waals surface area contributed by atoms with E-state index in [0.29, 0.717) is 0 Å². The molecule has 12 nitrogen and oxygen atoms in total. The maximum Gasteiger partial charge on any atom is 0.332 e. The number of H-pyrrole nitrogens is 1. The van der Waals surface area contributed by atoms with Crippen LogP contribution in [0.2, 0.25) is 0 Å². The Morgan fingerprint density at radius 2 is 1.81 bits per heavy atom. The Bertz CT molecular complexity index is 1470. The van der Waals surface area contributed by atoms with Gasteiger partial charge in [-0.3, -0.25) is 28.3 Å². The summed E-state index contributed by atoms with van der Waals surface area (Å²) < 4.78 is 5.47. The standard InChI is InChI=1S/C19H24N8O4S/c1-24-12-13(25(2)19(31)26(3)16(12)30)21-17(24)23-20-9-11-14(28)22-18(32)27(15(11)29)10-7-5-4-6-8-10/h9-10,29H,4-8H2,1-3H3,(H,21,23)(H,22,28,32)/b20-9+. The lowest BCUT2D eigenvalue weighted by atomic mass is 9.95. The maximum atomic E-state index is 12.5. The number of hydrazone groups is 1. The fourth-order valence-electron chi connectivity index (χ4n) is 4.12. The number of aryl methyl sites for hydroxylation is 2. The number of aromatic nitrogens is 6. The molecule has 0 spiro atoms. The molecule has 1 aliphatic rings. The first-order valence-corrected chi connectivity index (χ1v) is 10.6. The number of nitrogens with zero attached hydrogens (tertiary/aromatic N) is 6. The first-order chi connectivity index (χ1) is 15.2. The monoisotopic (exact) mass is 460 g/mol. The van der Waals surface area contributed by atoms with Crippen molar-refractivity contribution in [3.63, 3.8) is 0 Å². The molecule has 0 aromatic carbocycles. The predicted molar refractivity (Wildman–Crippen MR) is 122 cm³/mol. The average molecular weight is 461 g/mol. The minimum absolute atomic E-state index is 0.0190. The van der Waals surface area contributed by atoms with Gasteiger partial charge in [0.15, 0.2) is 15.9 Å². The molecule has 0 atom stereocenters. The molecule has 3 aromatic heterocycles. The topological polar surface area (TPSA) is 144 Å². The minimum Gasteiger partial charge on any atom is -0.494 e. The number of imidazole rings is 1. The number of rotatable bonds is 4. The second kappa shape index (κ2) is 8.22. The molecule has 0 bridgehead atoms. The van der Waals surface area contributed by atoms with Crippen LogP contribution in [-0.4, -0.2) is 39.6 Å². The number of fused-ring (bicyclic) bond motifs is 1. The summed E-state index contributed by atoms with van der Waals surface area (Å²) in [7, 11) is 4.51. The molecule has 0 amide bonds. The molecule has 1 aliphatic carbocycles. The van der Waals surface area contributed by atoms with Crippen molar-refractivity contribution in [3.05, 3.63) is 41.5 Å². The highest BCUT2D eigenvalue weighted by Crippen LogP contribution is 2.31. The number of anilines is 1. The lowest BCUT2D eigenvalue weighted by Gasteiger charge is -2.25. The zero-order chi connectivity index (χ0) is 23.2. The summed E-state index contributed by atoms with van der Waals surface area (Å²) in [5, 5.41) is 14.8. The van der Waals surface area contributed by atoms with E-state index in [-0.39, 0.29) is 39.4 Å². The molecule has 3 aromatic rings. The van der Waals surface area contributed by atoms with Gasteiger partial charge in [0.25, 0.3) is 11.1 Å². The Kier molecular flexibility index (Phi) is 5.59. The molecule has 3 heterocycles. The van der Waals surface area contributed by atoms with Gasteiger partial charge in [-0.1, -0.05) is 19.3 Å². The fourth-order valence-corrected chi connectivity index (χ4v) is 4.45. The number of nitrogens with one attached hydrogen (secondary N) is 2. The average Bonchev–Trinajstić information content (AvgIpc) is 3.10. The van der Waals surface area contributed by atoms with Crippen LogP contribution in [0.25, 0.3) is 11.2 Å². The lowest BCUT2D eigenvalue weighted by Crippen LogP contribution is -2.37. The third kappa shape index (κ3) is 3.47. The molecule has 0 aliphatic heterocycles. The van der Waals surface area contributed by atoms with Crippen molar-refractivity contribution in [3.8, 4) is 5.88 Å². The van der Waals surface area contributed by atoms with Crippen LogP contribution in [-0.2, 0) is 21.1 Å². The van der Waals surface area contributed by atoms with Crippen LogP contribution in [0.1, 0.15) is 43.7 Å². The van der Waals surface area contributed by atoms with Crippen molar-refractivity contribution in [2.45, 2.75) is 38.1 Å². The zero-order valence-electron chi connectivity index (χ0n) is 18.0. The summed E-state index contributed by atoms with van der Waals surface area (Å²) >= 11 is 5.27. The first-order valence-electron chi connectivity index (χ1n) is 10.2. The minimum atomic E-state index is -0.564. The summed E-state index contributed by atoms with van der Waals surface area (Å²) in [6, 6.07) is 0.0190. The van der Waals surface area contributed by atoms with Crippen molar-refractivity contribution in [1.29, 1.82) is 0 Å². The van der Waals surface area contributed by atoms with Crippen LogP contribution in [0.3, 0.4) is 0 Å². The van der Waals surface area contributed by atoms with Gasteiger partial charge in [0.05, 0.1) is 6.21 Å². The van der Waals surface area contributed by atoms with E-state index in [9.17, 15) is 19.5 Å². The maximum absolute atomic E-state index is 12.5. The smallest absolute Gasteiger partial charge is 0.332 e. The molecule has 1 fully saturated rings. The second-order valence-electron chi connectivity index (χ2n) is 7.90. The van der Waals surface area contributed by atoms with Crippen molar-refractivity contribution in [2.75, 3.05) is 5.43 Å². The van der Waals surface area contributed by atoms with Gasteiger partial charge in [0.1, 0.15) is 5.56 Å². The SMILES string of the molecule is Cn1c(=O)c2c(nc(N/N=C/c3c(O)n(C4CCCCC4)c(=S)[nH]c3=O)n2C)n(C)c1=O. The molecule has 32 heavy (non-hydrogen) atoms. The van der Waals surface area contributed by atoms with Crippen molar-refractivity contribution in [1.82, 2.24) is 28.2 Å². The molecular weight excluding hydrogens is 436 g/mol. The van der Waals surface area contributed by atoms with Gasteiger partial charge in [0, 0.05) is 27.2 Å². The van der Waals surface area contributed by atoms with E-state index in [2.05, 4.69) is 20.5 Å². The molecule has 13 heteroatoms. The third-order valence-electron chi connectivity index (χ3n) is 5.93. The van der Waals surface area contributed by atoms with E-state index in [1.165, 1.54) is 29.4 Å². The summed E-state index contributed by atoms with van der Waals surface area (Å²) in [6.07, 6.45) is 6.12. The van der Waals surface area contributed by atoms with Crippen LogP contribution in [0.15, 0.2) is 19.5 Å². The highest BCUT2D eigenvalue weighted by Gasteiger charge is 2.21. The lowest BCUT2D eigenvalue weighted by molar-refractivity contribution is 0.303. The van der Waals surface area contributed by atoms with Gasteiger partial charge < -0.3 is 9.67 Å². The van der Waals surface area contributed by atoms with E-state index in [4.69, 9.17) is 12.2 Å². The Labute approximate surface area is 186 Å². The van der Waals surface area contributed by atoms with Gasteiger partial charge in [0.2, 0.25) is 11.8 Å². The number of aromatic hydroxyl groups is 1. The van der Waals surface area contributed by atoms with Crippen molar-refractivity contribution >= 4 is 35.5 Å². The van der Waals surface area contributed by atoms with Crippen molar-refractivity contribution in [2.24, 2.45) is 26.2 Å². The molecule has 170 valence electrons. The summed E-state index contributed by atoms with van der Waals surface area (Å²) in [5.41, 5.74) is 1.50. The molecule has 0 radical (unpaired) electrons. The fraction of sp³-hybridized carbons (Fsp3) is 0.474. The number of hydrogen-bond donors (Lipinski definition) is 3. The molecule has 0 saturated heterocycles. The molecule has 3 N–H and O–H groups in total. The molecule has 1 saturated carbocycles. The summed E-state index contributed by atoms with van der Waals surface area (Å²) in [4.78, 5) is 43.9. The van der Waals surface area contributed by atoms with Gasteiger partial charge in [-0.2, -0.15) is 10.1 Å². The van der Waals surface area contributed by atoms with Crippen LogP contribution in [0.4, 0.5) is 5.95 Å². The van der Waals surface area contributed by atoms with Gasteiger partial charge in [-0.05, 0) is 25.1 Å². The van der Waals surface area contributed by atoms with Gasteiger partial charge in [-0.15, -0.1) is 0 Å². The van der Waals surface area contributed by atoms with E-state index < -0.39 is 16.8 Å². The van der Waals surface area contributed by atoms with E-state index in [1.54, 1.807) is 11.6 Å². The number of hydrogen-bond acceptors (Lipinski definition) is 8. The molecular formula is C19H24N8O4S.